The molecule has 0 fully saturated rings. The van der Waals surface area contributed by atoms with Crippen LogP contribution in [-0.4, -0.2) is 109 Å². The first kappa shape index (κ1) is 51.4. The first-order valence-corrected chi connectivity index (χ1v) is 26.7. The number of imide groups is 1. The number of aromatic nitrogens is 1. The number of benzene rings is 4. The van der Waals surface area contributed by atoms with Gasteiger partial charge in [-0.1, -0.05) is 46.7 Å². The highest BCUT2D eigenvalue weighted by atomic mass is 32.2. The summed E-state index contributed by atoms with van der Waals surface area (Å²) in [6, 6.07) is 19.0. The van der Waals surface area contributed by atoms with Crippen LogP contribution in [0.4, 0.5) is 11.6 Å². The highest BCUT2D eigenvalue weighted by Crippen LogP contribution is 2.33. The normalized spacial score (nSPS) is 12.5. The summed E-state index contributed by atoms with van der Waals surface area (Å²) < 4.78 is 118. The van der Waals surface area contributed by atoms with Crippen LogP contribution in [0.5, 0.6) is 0 Å². The van der Waals surface area contributed by atoms with Gasteiger partial charge in [0.2, 0.25) is 30.1 Å². The van der Waals surface area contributed by atoms with Crippen molar-refractivity contribution in [3.05, 3.63) is 125 Å². The molecule has 0 atom stereocenters. The molecule has 0 aliphatic rings. The lowest BCUT2D eigenvalue weighted by atomic mass is 10.1. The van der Waals surface area contributed by atoms with Crippen molar-refractivity contribution in [2.24, 2.45) is 0 Å². The van der Waals surface area contributed by atoms with Gasteiger partial charge in [0, 0.05) is 61.5 Å². The summed E-state index contributed by atoms with van der Waals surface area (Å²) in [6.07, 6.45) is 0. The van der Waals surface area contributed by atoms with Gasteiger partial charge in [-0.3, -0.25) is 14.4 Å². The average molecular weight is 985 g/mol. The molecule has 0 unspecified atom stereocenters. The molecule has 66 heavy (non-hydrogen) atoms. The maximum atomic E-state index is 14.6. The number of amides is 3. The Labute approximate surface area is 386 Å². The Morgan fingerprint density at radius 2 is 0.727 bits per heavy atom. The largest absolute Gasteiger partial charge is 0.337 e. The zero-order valence-corrected chi connectivity index (χ0v) is 41.0. The summed E-state index contributed by atoms with van der Waals surface area (Å²) in [5.74, 6) is -3.45. The third-order valence-corrected chi connectivity index (χ3v) is 18.7. The molecule has 0 aliphatic heterocycles. The molecule has 5 aromatic rings. The SMILES string of the molecule is CCN(CC)S(=O)(=O)c1ccc(C(=O)N(C(=O)c2ccc(S(=O)(=O)N(CC)CC)cc2)c2ccc(S(=O)(=O)N(C(=O)c3ccc(S(=O)(=O)N(CC)CC)cc3)c3onc(C)c3C)cc2)cc1. The molecule has 0 N–H and O–H groups in total. The monoisotopic (exact) mass is 984 g/mol. The fourth-order valence-electron chi connectivity index (χ4n) is 6.92. The molecule has 0 saturated carbocycles. The zero-order chi connectivity index (χ0) is 48.9. The van der Waals surface area contributed by atoms with Crippen LogP contribution in [0.25, 0.3) is 0 Å². The van der Waals surface area contributed by atoms with Gasteiger partial charge >= 0.3 is 0 Å². The van der Waals surface area contributed by atoms with Gasteiger partial charge in [-0.25, -0.2) is 38.6 Å². The number of anilines is 2. The van der Waals surface area contributed by atoms with Crippen LogP contribution in [0.1, 0.15) is 83.9 Å². The molecule has 0 aliphatic carbocycles. The van der Waals surface area contributed by atoms with Crippen LogP contribution < -0.4 is 9.21 Å². The van der Waals surface area contributed by atoms with Crippen LogP contribution >= 0.6 is 0 Å². The summed E-state index contributed by atoms with van der Waals surface area (Å²) in [7, 11) is -16.7. The molecular weight excluding hydrogens is 933 g/mol. The number of hydrogen-bond acceptors (Lipinski definition) is 13. The number of aryl methyl sites for hydroxylation is 1. The van der Waals surface area contributed by atoms with E-state index < -0.39 is 68.6 Å². The van der Waals surface area contributed by atoms with Gasteiger partial charge in [-0.2, -0.15) is 17.2 Å². The Balaban J connectivity index is 1.59. The minimum atomic E-state index is -4.91. The van der Waals surface area contributed by atoms with Crippen molar-refractivity contribution in [1.82, 2.24) is 18.1 Å². The highest BCUT2D eigenvalue weighted by molar-refractivity contribution is 7.93. The van der Waals surface area contributed by atoms with E-state index in [0.29, 0.717) is 4.31 Å². The Morgan fingerprint density at radius 3 is 1.02 bits per heavy atom. The summed E-state index contributed by atoms with van der Waals surface area (Å²) in [4.78, 5) is 42.9. The lowest BCUT2D eigenvalue weighted by Gasteiger charge is -2.24. The van der Waals surface area contributed by atoms with Crippen molar-refractivity contribution in [2.45, 2.75) is 75.0 Å². The third kappa shape index (κ3) is 9.89. The van der Waals surface area contributed by atoms with E-state index in [-0.39, 0.29) is 87.6 Å². The Hall–Kier alpha value is -5.62. The first-order valence-electron chi connectivity index (χ1n) is 20.9. The molecule has 5 rings (SSSR count). The quantitative estimate of drug-likeness (QED) is 0.0878. The van der Waals surface area contributed by atoms with Gasteiger partial charge in [0.05, 0.1) is 31.0 Å². The average Bonchev–Trinajstić information content (AvgIpc) is 3.63. The van der Waals surface area contributed by atoms with Crippen molar-refractivity contribution in [1.29, 1.82) is 0 Å². The predicted molar refractivity (Wildman–Crippen MR) is 247 cm³/mol. The fraction of sp³-hybridized carbons (Fsp3) is 0.318. The predicted octanol–water partition coefficient (Wildman–Crippen LogP) is 5.91. The van der Waals surface area contributed by atoms with Crippen molar-refractivity contribution < 1.29 is 52.6 Å². The second-order valence-corrected chi connectivity index (χ2v) is 22.2. The molecule has 1 aromatic heterocycles. The number of nitrogens with zero attached hydrogens (tertiary/aromatic N) is 6. The van der Waals surface area contributed by atoms with E-state index in [4.69, 9.17) is 4.52 Å². The lowest BCUT2D eigenvalue weighted by molar-refractivity contribution is 0.0896. The number of hydrogen-bond donors (Lipinski definition) is 0. The third-order valence-electron chi connectivity index (χ3n) is 10.9. The van der Waals surface area contributed by atoms with Gasteiger partial charge < -0.3 is 4.52 Å². The second-order valence-electron chi connectivity index (χ2n) is 14.6. The zero-order valence-electron chi connectivity index (χ0n) is 37.7. The summed E-state index contributed by atoms with van der Waals surface area (Å²) in [5.41, 5.74) is -0.127. The van der Waals surface area contributed by atoms with Crippen molar-refractivity contribution in [3.8, 4) is 0 Å². The maximum absolute atomic E-state index is 14.6. The first-order chi connectivity index (χ1) is 31.1. The van der Waals surface area contributed by atoms with E-state index in [1.54, 1.807) is 41.5 Å². The van der Waals surface area contributed by atoms with Crippen LogP contribution in [-0.2, 0) is 40.1 Å². The van der Waals surface area contributed by atoms with Gasteiger partial charge in [0.15, 0.2) is 0 Å². The van der Waals surface area contributed by atoms with E-state index in [9.17, 15) is 48.1 Å². The minimum Gasteiger partial charge on any atom is -0.337 e. The molecular formula is C44H52N6O12S4. The number of sulfonamides is 4. The maximum Gasteiger partial charge on any atom is 0.274 e. The van der Waals surface area contributed by atoms with Gasteiger partial charge in [0.1, 0.15) is 0 Å². The van der Waals surface area contributed by atoms with E-state index in [0.717, 1.165) is 29.2 Å². The Kier molecular flexibility index (Phi) is 15.9. The van der Waals surface area contributed by atoms with Crippen LogP contribution in [0.2, 0.25) is 0 Å². The van der Waals surface area contributed by atoms with Crippen molar-refractivity contribution >= 4 is 69.4 Å². The number of carbonyl (C=O) groups excluding carboxylic acids is 3. The molecule has 354 valence electrons. The molecule has 0 spiro atoms. The summed E-state index contributed by atoms with van der Waals surface area (Å²) in [5, 5.41) is 3.84. The van der Waals surface area contributed by atoms with Gasteiger partial charge in [-0.05, 0) is 111 Å². The molecule has 3 amide bonds. The summed E-state index contributed by atoms with van der Waals surface area (Å²) in [6.45, 7) is 14.3. The number of rotatable bonds is 19. The van der Waals surface area contributed by atoms with Gasteiger partial charge in [-0.15, -0.1) is 0 Å². The Bertz CT molecular complexity index is 2920. The molecule has 0 bridgehead atoms. The van der Waals surface area contributed by atoms with Crippen molar-refractivity contribution in [2.75, 3.05) is 48.5 Å². The molecule has 1 heterocycles. The second kappa shape index (κ2) is 20.5. The van der Waals surface area contributed by atoms with Crippen LogP contribution in [0, 0.1) is 13.8 Å². The fourth-order valence-corrected chi connectivity index (χ4v) is 12.7. The molecule has 22 heteroatoms. The van der Waals surface area contributed by atoms with E-state index in [1.165, 1.54) is 99.6 Å². The van der Waals surface area contributed by atoms with Crippen LogP contribution in [0.3, 0.4) is 0 Å². The Morgan fingerprint density at radius 1 is 0.439 bits per heavy atom. The minimum absolute atomic E-state index is 0.0999. The van der Waals surface area contributed by atoms with E-state index in [2.05, 4.69) is 5.16 Å². The topological polar surface area (TPSA) is 230 Å². The van der Waals surface area contributed by atoms with Crippen molar-refractivity contribution in [3.63, 3.8) is 0 Å². The molecule has 4 aromatic carbocycles. The standard InChI is InChI=1S/C44H52N6O12S4/c1-9-46(10-2)63(54,55)37-23-15-33(16-24-37)41(51)49(42(52)34-17-25-38(26-18-34)64(56,57)47(11-3)12-4)36-21-29-40(30-22-36)66(60,61)50(44-31(7)32(8)45-62-44)43(53)35-19-27-39(28-20-35)65(58,59)48(13-5)14-6/h15-30H,9-14H2,1-8H3. The lowest BCUT2D eigenvalue weighted by Crippen LogP contribution is -2.38. The van der Waals surface area contributed by atoms with E-state index in [1.807, 2.05) is 0 Å². The van der Waals surface area contributed by atoms with Gasteiger partial charge in [0.25, 0.3) is 33.6 Å². The van der Waals surface area contributed by atoms with Crippen LogP contribution in [0.15, 0.2) is 121 Å². The smallest absolute Gasteiger partial charge is 0.274 e. The molecule has 0 saturated heterocycles. The molecule has 18 nitrogen and oxygen atoms in total. The highest BCUT2D eigenvalue weighted by Gasteiger charge is 2.38. The number of carbonyl (C=O) groups is 3. The van der Waals surface area contributed by atoms with E-state index >= 15 is 0 Å². The molecule has 0 radical (unpaired) electrons. The summed E-state index contributed by atoms with van der Waals surface area (Å²) >= 11 is 0.